The lowest BCUT2D eigenvalue weighted by Crippen LogP contribution is -1.85. The number of aryl methyl sites for hydroxylation is 1. The van der Waals surface area contributed by atoms with Crippen molar-refractivity contribution in [2.24, 2.45) is 0 Å². The SMILES string of the molecule is Cc1ccccc1CSc1nc(-c2ccccc2)c(-c2ccccc2)o1. The van der Waals surface area contributed by atoms with Crippen molar-refractivity contribution in [1.29, 1.82) is 0 Å². The Morgan fingerprint density at radius 1 is 0.769 bits per heavy atom. The van der Waals surface area contributed by atoms with Gasteiger partial charge in [0.05, 0.1) is 0 Å². The molecule has 0 aliphatic carbocycles. The van der Waals surface area contributed by atoms with Gasteiger partial charge < -0.3 is 4.42 Å². The molecule has 0 bridgehead atoms. The number of thioether (sulfide) groups is 1. The molecule has 0 atom stereocenters. The molecule has 0 fully saturated rings. The van der Waals surface area contributed by atoms with Gasteiger partial charge in [-0.15, -0.1) is 0 Å². The first-order chi connectivity index (χ1) is 12.8. The minimum absolute atomic E-state index is 0.700. The second-order valence-electron chi connectivity index (χ2n) is 6.10. The van der Waals surface area contributed by atoms with Crippen molar-refractivity contribution in [1.82, 2.24) is 4.98 Å². The molecule has 4 aromatic rings. The third-order valence-corrected chi connectivity index (χ3v) is 5.18. The number of nitrogens with zero attached hydrogens (tertiary/aromatic N) is 1. The van der Waals surface area contributed by atoms with Crippen LogP contribution in [0.3, 0.4) is 0 Å². The minimum Gasteiger partial charge on any atom is -0.431 e. The van der Waals surface area contributed by atoms with Crippen molar-refractivity contribution in [2.45, 2.75) is 17.9 Å². The van der Waals surface area contributed by atoms with E-state index in [2.05, 4.69) is 55.5 Å². The first-order valence-corrected chi connectivity index (χ1v) is 9.59. The summed E-state index contributed by atoms with van der Waals surface area (Å²) in [5.41, 5.74) is 5.60. The molecule has 0 unspecified atom stereocenters. The van der Waals surface area contributed by atoms with Crippen molar-refractivity contribution in [3.63, 3.8) is 0 Å². The van der Waals surface area contributed by atoms with Crippen molar-refractivity contribution >= 4 is 11.8 Å². The van der Waals surface area contributed by atoms with Crippen molar-refractivity contribution in [2.75, 3.05) is 0 Å². The lowest BCUT2D eigenvalue weighted by Gasteiger charge is -2.02. The summed E-state index contributed by atoms with van der Waals surface area (Å²) in [5, 5.41) is 0.700. The normalized spacial score (nSPS) is 10.8. The Labute approximate surface area is 157 Å². The Balaban J connectivity index is 1.68. The molecule has 0 saturated heterocycles. The van der Waals surface area contributed by atoms with E-state index in [1.807, 2.05) is 36.4 Å². The molecule has 4 rings (SSSR count). The smallest absolute Gasteiger partial charge is 0.257 e. The van der Waals surface area contributed by atoms with Crippen molar-refractivity contribution in [3.05, 3.63) is 96.1 Å². The third kappa shape index (κ3) is 3.58. The van der Waals surface area contributed by atoms with Crippen LogP contribution in [0.5, 0.6) is 0 Å². The van der Waals surface area contributed by atoms with Gasteiger partial charge in [0.2, 0.25) is 0 Å². The van der Waals surface area contributed by atoms with Gasteiger partial charge in [-0.3, -0.25) is 0 Å². The molecular weight excluding hydrogens is 338 g/mol. The average molecular weight is 357 g/mol. The monoisotopic (exact) mass is 357 g/mol. The fraction of sp³-hybridized carbons (Fsp3) is 0.0870. The number of benzene rings is 3. The van der Waals surface area contributed by atoms with Gasteiger partial charge in [0.25, 0.3) is 5.22 Å². The van der Waals surface area contributed by atoms with E-state index in [0.29, 0.717) is 5.22 Å². The van der Waals surface area contributed by atoms with E-state index in [0.717, 1.165) is 28.3 Å². The maximum atomic E-state index is 6.17. The summed E-state index contributed by atoms with van der Waals surface area (Å²) in [5.74, 6) is 1.67. The fourth-order valence-corrected chi connectivity index (χ4v) is 3.75. The van der Waals surface area contributed by atoms with Crippen LogP contribution in [-0.2, 0) is 5.75 Å². The summed E-state index contributed by atoms with van der Waals surface area (Å²) in [7, 11) is 0. The molecule has 128 valence electrons. The highest BCUT2D eigenvalue weighted by Crippen LogP contribution is 2.36. The molecule has 1 aromatic heterocycles. The number of rotatable bonds is 5. The number of hydrogen-bond acceptors (Lipinski definition) is 3. The Kier molecular flexibility index (Phi) is 4.89. The molecule has 26 heavy (non-hydrogen) atoms. The summed E-state index contributed by atoms with van der Waals surface area (Å²) in [4.78, 5) is 4.80. The van der Waals surface area contributed by atoms with Gasteiger partial charge in [-0.2, -0.15) is 0 Å². The molecule has 0 amide bonds. The first-order valence-electron chi connectivity index (χ1n) is 8.60. The van der Waals surface area contributed by atoms with Crippen LogP contribution in [0, 0.1) is 6.92 Å². The van der Waals surface area contributed by atoms with Gasteiger partial charge in [-0.1, -0.05) is 96.7 Å². The molecule has 3 heteroatoms. The third-order valence-electron chi connectivity index (χ3n) is 4.30. The van der Waals surface area contributed by atoms with Crippen LogP contribution in [0.2, 0.25) is 0 Å². The maximum absolute atomic E-state index is 6.17. The standard InChI is InChI=1S/C23H19NOS/c1-17-10-8-9-15-20(17)16-26-23-24-21(18-11-4-2-5-12-18)22(25-23)19-13-6-3-7-14-19/h2-15H,16H2,1H3. The predicted octanol–water partition coefficient (Wildman–Crippen LogP) is 6.61. The highest BCUT2D eigenvalue weighted by molar-refractivity contribution is 7.98. The summed E-state index contributed by atoms with van der Waals surface area (Å²) < 4.78 is 6.17. The molecule has 0 radical (unpaired) electrons. The van der Waals surface area contributed by atoms with Crippen LogP contribution in [0.1, 0.15) is 11.1 Å². The predicted molar refractivity (Wildman–Crippen MR) is 108 cm³/mol. The van der Waals surface area contributed by atoms with Crippen molar-refractivity contribution < 1.29 is 4.42 Å². The first kappa shape index (κ1) is 16.7. The Hall–Kier alpha value is -2.78. The highest BCUT2D eigenvalue weighted by Gasteiger charge is 2.17. The zero-order valence-corrected chi connectivity index (χ0v) is 15.4. The van der Waals surface area contributed by atoms with E-state index in [1.54, 1.807) is 11.8 Å². The quantitative estimate of drug-likeness (QED) is 0.376. The van der Waals surface area contributed by atoms with E-state index in [4.69, 9.17) is 9.40 Å². The van der Waals surface area contributed by atoms with Crippen LogP contribution in [-0.4, -0.2) is 4.98 Å². The van der Waals surface area contributed by atoms with Crippen LogP contribution in [0.25, 0.3) is 22.6 Å². The zero-order valence-electron chi connectivity index (χ0n) is 14.6. The largest absolute Gasteiger partial charge is 0.431 e. The topological polar surface area (TPSA) is 26.0 Å². The van der Waals surface area contributed by atoms with E-state index < -0.39 is 0 Å². The Bertz CT molecular complexity index is 936. The second kappa shape index (κ2) is 7.63. The zero-order chi connectivity index (χ0) is 17.8. The summed E-state index contributed by atoms with van der Waals surface area (Å²) in [6, 6.07) is 28.8. The van der Waals surface area contributed by atoms with Crippen LogP contribution < -0.4 is 0 Å². The second-order valence-corrected chi connectivity index (χ2v) is 7.03. The molecule has 0 N–H and O–H groups in total. The molecule has 0 spiro atoms. The number of oxazole rings is 1. The molecule has 2 nitrogen and oxygen atoms in total. The molecule has 1 heterocycles. The lowest BCUT2D eigenvalue weighted by atomic mass is 10.1. The number of aromatic nitrogens is 1. The van der Waals surface area contributed by atoms with Crippen LogP contribution >= 0.6 is 11.8 Å². The van der Waals surface area contributed by atoms with Gasteiger partial charge in [-0.25, -0.2) is 4.98 Å². The minimum atomic E-state index is 0.700. The Morgan fingerprint density at radius 3 is 2.08 bits per heavy atom. The van der Waals surface area contributed by atoms with Crippen LogP contribution in [0.15, 0.2) is 94.6 Å². The molecule has 0 saturated carbocycles. The average Bonchev–Trinajstić information content (AvgIpc) is 3.13. The maximum Gasteiger partial charge on any atom is 0.257 e. The van der Waals surface area contributed by atoms with Gasteiger partial charge in [0.1, 0.15) is 5.69 Å². The van der Waals surface area contributed by atoms with Gasteiger partial charge >= 0.3 is 0 Å². The molecule has 3 aromatic carbocycles. The van der Waals surface area contributed by atoms with Gasteiger partial charge in [0, 0.05) is 16.9 Å². The molecule has 0 aliphatic rings. The fourth-order valence-electron chi connectivity index (χ4n) is 2.85. The lowest BCUT2D eigenvalue weighted by molar-refractivity contribution is 0.466. The summed E-state index contributed by atoms with van der Waals surface area (Å²) in [6.07, 6.45) is 0. The number of hydrogen-bond donors (Lipinski definition) is 0. The van der Waals surface area contributed by atoms with Gasteiger partial charge in [-0.05, 0) is 18.1 Å². The van der Waals surface area contributed by atoms with Crippen LogP contribution in [0.4, 0.5) is 0 Å². The summed E-state index contributed by atoms with van der Waals surface area (Å²) in [6.45, 7) is 2.14. The highest BCUT2D eigenvalue weighted by atomic mass is 32.2. The van der Waals surface area contributed by atoms with E-state index in [-0.39, 0.29) is 0 Å². The van der Waals surface area contributed by atoms with E-state index >= 15 is 0 Å². The van der Waals surface area contributed by atoms with E-state index in [1.165, 1.54) is 11.1 Å². The summed E-state index contributed by atoms with van der Waals surface area (Å²) >= 11 is 1.63. The van der Waals surface area contributed by atoms with E-state index in [9.17, 15) is 0 Å². The molecular formula is C23H19NOS. The van der Waals surface area contributed by atoms with Crippen molar-refractivity contribution in [3.8, 4) is 22.6 Å². The molecule has 0 aliphatic heterocycles. The Morgan fingerprint density at radius 2 is 1.38 bits per heavy atom. The van der Waals surface area contributed by atoms with Gasteiger partial charge in [0.15, 0.2) is 5.76 Å².